The van der Waals surface area contributed by atoms with Gasteiger partial charge < -0.3 is 15.1 Å². The smallest absolute Gasteiger partial charge is 0.265 e. The van der Waals surface area contributed by atoms with Gasteiger partial charge in [-0.3, -0.25) is 14.4 Å². The minimum Gasteiger partial charge on any atom is -0.354 e. The number of piperazine rings is 1. The molecule has 0 saturated carbocycles. The molecule has 0 spiro atoms. The summed E-state index contributed by atoms with van der Waals surface area (Å²) in [4.78, 5) is 46.7. The van der Waals surface area contributed by atoms with E-state index in [-0.39, 0.29) is 30.5 Å². The van der Waals surface area contributed by atoms with Crippen molar-refractivity contribution in [2.45, 2.75) is 25.3 Å². The van der Waals surface area contributed by atoms with Crippen LogP contribution in [0, 0.1) is 0 Å². The molecule has 3 amide bonds. The van der Waals surface area contributed by atoms with Gasteiger partial charge in [0, 0.05) is 45.7 Å². The molecule has 132 valence electrons. The van der Waals surface area contributed by atoms with Gasteiger partial charge in [0.2, 0.25) is 12.3 Å². The van der Waals surface area contributed by atoms with Crippen LogP contribution in [0.1, 0.15) is 18.4 Å². The van der Waals surface area contributed by atoms with E-state index in [0.717, 1.165) is 18.8 Å². The van der Waals surface area contributed by atoms with Crippen LogP contribution in [-0.2, 0) is 20.8 Å². The molecule has 2 aliphatic rings. The molecule has 8 heteroatoms. The first-order valence-corrected chi connectivity index (χ1v) is 8.34. The molecule has 8 nitrogen and oxygen atoms in total. The molecule has 2 aliphatic heterocycles. The summed E-state index contributed by atoms with van der Waals surface area (Å²) in [6, 6.07) is 4.27. The van der Waals surface area contributed by atoms with Gasteiger partial charge in [-0.2, -0.15) is 0 Å². The maximum absolute atomic E-state index is 12.5. The van der Waals surface area contributed by atoms with Gasteiger partial charge in [-0.15, -0.1) is 0 Å². The lowest BCUT2D eigenvalue weighted by Gasteiger charge is -2.38. The van der Waals surface area contributed by atoms with Crippen LogP contribution in [0.15, 0.2) is 23.3 Å². The number of nitrogens with zero attached hydrogens (tertiary/aromatic N) is 4. The summed E-state index contributed by atoms with van der Waals surface area (Å²) in [5, 5.41) is 2.43. The molecule has 1 fully saturated rings. The maximum Gasteiger partial charge on any atom is 0.265 e. The van der Waals surface area contributed by atoms with Crippen molar-refractivity contribution in [1.82, 2.24) is 15.2 Å². The van der Waals surface area contributed by atoms with Crippen LogP contribution in [0.2, 0.25) is 0 Å². The Balaban J connectivity index is 1.58. The maximum atomic E-state index is 12.5. The number of nitrogens with one attached hydrogen (secondary N) is 1. The van der Waals surface area contributed by atoms with Gasteiger partial charge in [-0.05, 0) is 18.1 Å². The van der Waals surface area contributed by atoms with Crippen LogP contribution < -0.4 is 10.2 Å². The van der Waals surface area contributed by atoms with Crippen molar-refractivity contribution in [3.63, 3.8) is 0 Å². The van der Waals surface area contributed by atoms with E-state index in [4.69, 9.17) is 0 Å². The number of carbonyl (C=O) groups is 3. The summed E-state index contributed by atoms with van der Waals surface area (Å²) >= 11 is 0. The second-order valence-corrected chi connectivity index (χ2v) is 6.14. The third-order valence-corrected chi connectivity index (χ3v) is 4.70. The van der Waals surface area contributed by atoms with Crippen molar-refractivity contribution < 1.29 is 14.4 Å². The highest BCUT2D eigenvalue weighted by Crippen LogP contribution is 2.31. The Morgan fingerprint density at radius 1 is 1.40 bits per heavy atom. The van der Waals surface area contributed by atoms with Gasteiger partial charge in [0.05, 0.1) is 6.04 Å². The Hall–Kier alpha value is -2.77. The zero-order valence-electron chi connectivity index (χ0n) is 14.1. The van der Waals surface area contributed by atoms with Gasteiger partial charge in [-0.25, -0.2) is 9.98 Å². The van der Waals surface area contributed by atoms with Crippen molar-refractivity contribution in [3.05, 3.63) is 23.9 Å². The SMILES string of the molecule is CNC(=O)/C(CCC(=O)N1CCN2c3ncccc3CC2C1)=N\C=O. The summed E-state index contributed by atoms with van der Waals surface area (Å²) in [6.07, 6.45) is 3.34. The number of pyridine rings is 1. The molecular weight excluding hydrogens is 322 g/mol. The molecule has 0 radical (unpaired) electrons. The Bertz CT molecular complexity index is 718. The molecule has 1 saturated heterocycles. The number of carbonyl (C=O) groups excluding carboxylic acids is 3. The highest BCUT2D eigenvalue weighted by molar-refractivity contribution is 6.40. The lowest BCUT2D eigenvalue weighted by atomic mass is 10.1. The number of anilines is 1. The second-order valence-electron chi connectivity index (χ2n) is 6.14. The number of hydrogen-bond donors (Lipinski definition) is 1. The minimum absolute atomic E-state index is 0.0222. The van der Waals surface area contributed by atoms with E-state index in [1.807, 2.05) is 11.0 Å². The predicted molar refractivity (Wildman–Crippen MR) is 92.5 cm³/mol. The van der Waals surface area contributed by atoms with E-state index in [2.05, 4.69) is 26.3 Å². The van der Waals surface area contributed by atoms with Crippen molar-refractivity contribution >= 4 is 29.8 Å². The van der Waals surface area contributed by atoms with Crippen LogP contribution in [0.4, 0.5) is 5.82 Å². The zero-order chi connectivity index (χ0) is 17.8. The fraction of sp³-hybridized carbons (Fsp3) is 0.471. The van der Waals surface area contributed by atoms with Crippen molar-refractivity contribution in [3.8, 4) is 0 Å². The average Bonchev–Trinajstić information content (AvgIpc) is 3.01. The first-order chi connectivity index (χ1) is 12.1. The zero-order valence-corrected chi connectivity index (χ0v) is 14.1. The first kappa shape index (κ1) is 17.1. The van der Waals surface area contributed by atoms with Gasteiger partial charge in [0.1, 0.15) is 11.5 Å². The molecule has 1 aromatic rings. The second kappa shape index (κ2) is 7.42. The largest absolute Gasteiger partial charge is 0.354 e. The fourth-order valence-corrected chi connectivity index (χ4v) is 3.47. The van der Waals surface area contributed by atoms with Gasteiger partial charge in [0.25, 0.3) is 5.91 Å². The number of hydrogen-bond acceptors (Lipinski definition) is 5. The normalized spacial score (nSPS) is 19.2. The van der Waals surface area contributed by atoms with Crippen molar-refractivity contribution in [1.29, 1.82) is 0 Å². The van der Waals surface area contributed by atoms with E-state index in [1.165, 1.54) is 12.6 Å². The predicted octanol–water partition coefficient (Wildman–Crippen LogP) is -0.221. The Morgan fingerprint density at radius 2 is 2.24 bits per heavy atom. The summed E-state index contributed by atoms with van der Waals surface area (Å²) in [6.45, 7) is 2.03. The van der Waals surface area contributed by atoms with Gasteiger partial charge >= 0.3 is 0 Å². The van der Waals surface area contributed by atoms with Gasteiger partial charge in [-0.1, -0.05) is 6.07 Å². The van der Waals surface area contributed by atoms with E-state index >= 15 is 0 Å². The average molecular weight is 343 g/mol. The number of amides is 3. The van der Waals surface area contributed by atoms with E-state index in [1.54, 1.807) is 6.20 Å². The molecule has 0 aliphatic carbocycles. The lowest BCUT2D eigenvalue weighted by molar-refractivity contribution is -0.131. The van der Waals surface area contributed by atoms with E-state index in [0.29, 0.717) is 19.5 Å². The molecule has 3 heterocycles. The molecule has 0 aromatic carbocycles. The van der Waals surface area contributed by atoms with E-state index in [9.17, 15) is 14.4 Å². The lowest BCUT2D eigenvalue weighted by Crippen LogP contribution is -2.53. The Labute approximate surface area is 145 Å². The Kier molecular flexibility index (Phi) is 5.06. The molecule has 1 aromatic heterocycles. The third kappa shape index (κ3) is 3.52. The molecule has 3 rings (SSSR count). The number of fused-ring (bicyclic) bond motifs is 3. The van der Waals surface area contributed by atoms with Crippen molar-refractivity contribution in [2.24, 2.45) is 4.99 Å². The molecule has 25 heavy (non-hydrogen) atoms. The number of aromatic nitrogens is 1. The highest BCUT2D eigenvalue weighted by atomic mass is 16.2. The van der Waals surface area contributed by atoms with Crippen LogP contribution >= 0.6 is 0 Å². The third-order valence-electron chi connectivity index (χ3n) is 4.70. The minimum atomic E-state index is -0.429. The van der Waals surface area contributed by atoms with Crippen molar-refractivity contribution in [2.75, 3.05) is 31.6 Å². The van der Waals surface area contributed by atoms with E-state index < -0.39 is 5.91 Å². The monoisotopic (exact) mass is 343 g/mol. The summed E-state index contributed by atoms with van der Waals surface area (Å²) in [7, 11) is 1.47. The summed E-state index contributed by atoms with van der Waals surface area (Å²) in [5.74, 6) is 0.577. The topological polar surface area (TPSA) is 95.0 Å². The highest BCUT2D eigenvalue weighted by Gasteiger charge is 2.36. The fourth-order valence-electron chi connectivity index (χ4n) is 3.47. The van der Waals surface area contributed by atoms with Crippen LogP contribution in [0.25, 0.3) is 0 Å². The molecule has 1 N–H and O–H groups in total. The van der Waals surface area contributed by atoms with Crippen LogP contribution in [-0.4, -0.2) is 66.5 Å². The number of rotatable bonds is 5. The number of aliphatic imine (C=N–C) groups is 1. The van der Waals surface area contributed by atoms with Crippen LogP contribution in [0.5, 0.6) is 0 Å². The van der Waals surface area contributed by atoms with Crippen LogP contribution in [0.3, 0.4) is 0 Å². The molecule has 1 atom stereocenters. The quantitative estimate of drug-likeness (QED) is 0.589. The Morgan fingerprint density at radius 3 is 3.00 bits per heavy atom. The molecule has 1 unspecified atom stereocenters. The molecule has 0 bridgehead atoms. The first-order valence-electron chi connectivity index (χ1n) is 8.34. The summed E-state index contributed by atoms with van der Waals surface area (Å²) in [5.41, 5.74) is 1.31. The van der Waals surface area contributed by atoms with Gasteiger partial charge in [0.15, 0.2) is 0 Å². The molecular formula is C17H21N5O3. The summed E-state index contributed by atoms with van der Waals surface area (Å²) < 4.78 is 0. The standard InChI is InChI=1S/C17H21N5O3/c1-18-17(25)14(20-11-23)4-5-15(24)21-7-8-22-13(10-21)9-12-3-2-6-19-16(12)22/h2-3,6,11,13H,4-5,7-10H2,1H3,(H,18,25)/b20-14-.